The maximum Gasteiger partial charge on any atom is 0.255 e. The first kappa shape index (κ1) is 14.6. The number of hydrogen-bond donors (Lipinski definition) is 1. The molecule has 0 spiro atoms. The van der Waals surface area contributed by atoms with E-state index in [1.807, 2.05) is 18.2 Å². The monoisotopic (exact) mass is 223 g/mol. The summed E-state index contributed by atoms with van der Waals surface area (Å²) in [7, 11) is 0. The predicted octanol–water partition coefficient (Wildman–Crippen LogP) is 1.39. The Kier molecular flexibility index (Phi) is 8.65. The Hall–Kier alpha value is -0.930. The third-order valence-corrected chi connectivity index (χ3v) is 1.12. The molecule has 0 unspecified atom stereocenters. The first-order valence-electron chi connectivity index (χ1n) is 3.25. The maximum atomic E-state index is 10.3. The fourth-order valence-electron chi connectivity index (χ4n) is 0.671. The quantitative estimate of drug-likeness (QED) is 0.843. The van der Waals surface area contributed by atoms with Gasteiger partial charge in [-0.3, -0.25) is 4.79 Å². The molecule has 2 N–H and O–H groups in total. The van der Waals surface area contributed by atoms with Crippen LogP contribution >= 0.6 is 24.8 Å². The first-order valence-corrected chi connectivity index (χ1v) is 3.25. The molecule has 0 aromatic heterocycles. The van der Waals surface area contributed by atoms with E-state index in [-0.39, 0.29) is 31.4 Å². The lowest BCUT2D eigenvalue weighted by Crippen LogP contribution is -2.19. The second-order valence-electron chi connectivity index (χ2n) is 2.07. The van der Waals surface area contributed by atoms with Crippen LogP contribution in [0.1, 0.15) is 0 Å². The topological polar surface area (TPSA) is 52.3 Å². The number of primary amides is 1. The molecule has 0 fully saturated rings. The Morgan fingerprint density at radius 2 is 1.77 bits per heavy atom. The molecule has 13 heavy (non-hydrogen) atoms. The van der Waals surface area contributed by atoms with Crippen LogP contribution in [0.3, 0.4) is 0 Å². The molecule has 0 atom stereocenters. The molecule has 0 bridgehead atoms. The number of ether oxygens (including phenoxy) is 1. The first-order chi connectivity index (χ1) is 5.29. The van der Waals surface area contributed by atoms with E-state index in [1.54, 1.807) is 12.1 Å². The van der Waals surface area contributed by atoms with Crippen LogP contribution in [0.4, 0.5) is 0 Å². The molecule has 0 radical (unpaired) electrons. The molecule has 0 heterocycles. The van der Waals surface area contributed by atoms with Gasteiger partial charge < -0.3 is 10.5 Å². The van der Waals surface area contributed by atoms with Gasteiger partial charge in [-0.05, 0) is 12.1 Å². The maximum absolute atomic E-state index is 10.3. The molecule has 0 aliphatic rings. The van der Waals surface area contributed by atoms with Crippen LogP contribution in [0.5, 0.6) is 5.75 Å². The third-order valence-electron chi connectivity index (χ3n) is 1.12. The van der Waals surface area contributed by atoms with Gasteiger partial charge in [-0.25, -0.2) is 0 Å². The van der Waals surface area contributed by atoms with E-state index in [4.69, 9.17) is 10.5 Å². The molecule has 1 amide bonds. The molecule has 1 rings (SSSR count). The standard InChI is InChI=1S/C8H9NO2.2ClH/c9-8(10)6-11-7-4-2-1-3-5-7;;/h1-5H,6H2,(H2,9,10);2*1H. The number of benzene rings is 1. The summed E-state index contributed by atoms with van der Waals surface area (Å²) in [5.74, 6) is 0.195. The van der Waals surface area contributed by atoms with Crippen molar-refractivity contribution in [3.63, 3.8) is 0 Å². The van der Waals surface area contributed by atoms with Crippen molar-refractivity contribution >= 4 is 30.7 Å². The van der Waals surface area contributed by atoms with E-state index < -0.39 is 5.91 Å². The number of halogens is 2. The lowest BCUT2D eigenvalue weighted by atomic mass is 10.3. The number of carbonyl (C=O) groups excluding carboxylic acids is 1. The van der Waals surface area contributed by atoms with Crippen LogP contribution in [-0.4, -0.2) is 12.5 Å². The van der Waals surface area contributed by atoms with Crippen molar-refractivity contribution < 1.29 is 9.53 Å². The van der Waals surface area contributed by atoms with Crippen molar-refractivity contribution in [2.24, 2.45) is 5.73 Å². The lowest BCUT2D eigenvalue weighted by Gasteiger charge is -2.00. The van der Waals surface area contributed by atoms with Gasteiger partial charge in [0.2, 0.25) is 0 Å². The van der Waals surface area contributed by atoms with Gasteiger partial charge in [-0.2, -0.15) is 0 Å². The van der Waals surface area contributed by atoms with Crippen molar-refractivity contribution in [2.45, 2.75) is 0 Å². The van der Waals surface area contributed by atoms with Crippen molar-refractivity contribution in [3.05, 3.63) is 30.3 Å². The SMILES string of the molecule is Cl.Cl.NC(=O)COc1ccccc1. The van der Waals surface area contributed by atoms with Crippen LogP contribution in [-0.2, 0) is 4.79 Å². The molecule has 5 heteroatoms. The van der Waals surface area contributed by atoms with Gasteiger partial charge in [-0.15, -0.1) is 24.8 Å². The Morgan fingerprint density at radius 1 is 1.23 bits per heavy atom. The highest BCUT2D eigenvalue weighted by Crippen LogP contribution is 2.07. The average Bonchev–Trinajstić information content (AvgIpc) is 2.03. The molecule has 0 saturated heterocycles. The minimum atomic E-state index is -0.464. The highest BCUT2D eigenvalue weighted by Gasteiger charge is 1.94. The number of carbonyl (C=O) groups is 1. The zero-order valence-corrected chi connectivity index (χ0v) is 8.44. The van der Waals surface area contributed by atoms with Crippen molar-refractivity contribution in [1.29, 1.82) is 0 Å². The van der Waals surface area contributed by atoms with Crippen LogP contribution in [0.15, 0.2) is 30.3 Å². The molecule has 0 saturated carbocycles. The summed E-state index contributed by atoms with van der Waals surface area (Å²) in [6, 6.07) is 9.07. The highest BCUT2D eigenvalue weighted by atomic mass is 35.5. The van der Waals surface area contributed by atoms with Gasteiger partial charge >= 0.3 is 0 Å². The minimum Gasteiger partial charge on any atom is -0.484 e. The second kappa shape index (κ2) is 7.71. The molecular formula is C8H11Cl2NO2. The molecule has 3 nitrogen and oxygen atoms in total. The number of amides is 1. The van der Waals surface area contributed by atoms with Crippen LogP contribution in [0, 0.1) is 0 Å². The minimum absolute atomic E-state index is 0. The van der Waals surface area contributed by atoms with Crippen molar-refractivity contribution in [3.8, 4) is 5.75 Å². The average molecular weight is 224 g/mol. The fraction of sp³-hybridized carbons (Fsp3) is 0.125. The summed E-state index contributed by atoms with van der Waals surface area (Å²) in [5, 5.41) is 0. The molecule has 0 aliphatic carbocycles. The van der Waals surface area contributed by atoms with Crippen LogP contribution in [0.25, 0.3) is 0 Å². The summed E-state index contributed by atoms with van der Waals surface area (Å²) < 4.78 is 4.99. The summed E-state index contributed by atoms with van der Waals surface area (Å²) in [6.45, 7) is -0.0655. The number of rotatable bonds is 3. The van der Waals surface area contributed by atoms with E-state index in [0.29, 0.717) is 5.75 Å². The normalized spacial score (nSPS) is 7.69. The lowest BCUT2D eigenvalue weighted by molar-refractivity contribution is -0.119. The summed E-state index contributed by atoms with van der Waals surface area (Å²) >= 11 is 0. The van der Waals surface area contributed by atoms with Crippen LogP contribution < -0.4 is 10.5 Å². The molecule has 0 aliphatic heterocycles. The zero-order chi connectivity index (χ0) is 8.10. The van der Waals surface area contributed by atoms with Gasteiger partial charge in [-0.1, -0.05) is 18.2 Å². The van der Waals surface area contributed by atoms with Crippen LogP contribution in [0.2, 0.25) is 0 Å². The molecule has 1 aromatic carbocycles. The van der Waals surface area contributed by atoms with E-state index >= 15 is 0 Å². The van der Waals surface area contributed by atoms with Crippen molar-refractivity contribution in [2.75, 3.05) is 6.61 Å². The van der Waals surface area contributed by atoms with Gasteiger partial charge in [0.05, 0.1) is 0 Å². The number of para-hydroxylation sites is 1. The fourth-order valence-corrected chi connectivity index (χ4v) is 0.671. The van der Waals surface area contributed by atoms with Gasteiger partial charge in [0, 0.05) is 0 Å². The Labute approximate surface area is 89.1 Å². The molecular weight excluding hydrogens is 213 g/mol. The number of nitrogens with two attached hydrogens (primary N) is 1. The van der Waals surface area contributed by atoms with Gasteiger partial charge in [0.25, 0.3) is 5.91 Å². The van der Waals surface area contributed by atoms with E-state index in [1.165, 1.54) is 0 Å². The zero-order valence-electron chi connectivity index (χ0n) is 6.80. The Balaban J connectivity index is 0. The third kappa shape index (κ3) is 6.25. The van der Waals surface area contributed by atoms with E-state index in [2.05, 4.69) is 0 Å². The van der Waals surface area contributed by atoms with Crippen molar-refractivity contribution in [1.82, 2.24) is 0 Å². The van der Waals surface area contributed by atoms with Gasteiger partial charge in [0.1, 0.15) is 5.75 Å². The Bertz CT molecular complexity index is 241. The molecule has 74 valence electrons. The van der Waals surface area contributed by atoms with Gasteiger partial charge in [0.15, 0.2) is 6.61 Å². The summed E-state index contributed by atoms with van der Waals surface area (Å²) in [5.41, 5.74) is 4.88. The smallest absolute Gasteiger partial charge is 0.255 e. The number of hydrogen-bond acceptors (Lipinski definition) is 2. The molecule has 1 aromatic rings. The Morgan fingerprint density at radius 3 is 2.23 bits per heavy atom. The summed E-state index contributed by atoms with van der Waals surface area (Å²) in [6.07, 6.45) is 0. The van der Waals surface area contributed by atoms with E-state index in [9.17, 15) is 4.79 Å². The second-order valence-corrected chi connectivity index (χ2v) is 2.07. The summed E-state index contributed by atoms with van der Waals surface area (Å²) in [4.78, 5) is 10.3. The highest BCUT2D eigenvalue weighted by molar-refractivity contribution is 5.85. The largest absolute Gasteiger partial charge is 0.484 e. The predicted molar refractivity (Wildman–Crippen MR) is 55.6 cm³/mol. The van der Waals surface area contributed by atoms with E-state index in [0.717, 1.165) is 0 Å².